The smallest absolute Gasteiger partial charge is 0.407 e. The third-order valence-corrected chi connectivity index (χ3v) is 6.96. The van der Waals surface area contributed by atoms with Gasteiger partial charge in [0.05, 0.1) is 18.8 Å². The molecule has 1 aliphatic heterocycles. The van der Waals surface area contributed by atoms with Gasteiger partial charge >= 0.3 is 6.09 Å². The van der Waals surface area contributed by atoms with Crippen molar-refractivity contribution in [3.8, 4) is 0 Å². The molecule has 0 bridgehead atoms. The van der Waals surface area contributed by atoms with Crippen LogP contribution >= 0.6 is 11.8 Å². The highest BCUT2D eigenvalue weighted by atomic mass is 32.2. The highest BCUT2D eigenvalue weighted by Crippen LogP contribution is 2.39. The summed E-state index contributed by atoms with van der Waals surface area (Å²) in [5.41, 5.74) is 3.79. The van der Waals surface area contributed by atoms with E-state index in [-0.39, 0.29) is 25.4 Å². The van der Waals surface area contributed by atoms with Crippen LogP contribution in [-0.2, 0) is 27.4 Å². The molecule has 2 N–H and O–H groups in total. The molecule has 3 aromatic rings. The number of ether oxygens (including phenoxy) is 3. The van der Waals surface area contributed by atoms with Crippen LogP contribution in [0.1, 0.15) is 41.1 Å². The Kier molecular flexibility index (Phi) is 9.58. The van der Waals surface area contributed by atoms with Crippen LogP contribution in [0.4, 0.5) is 4.79 Å². The van der Waals surface area contributed by atoms with Gasteiger partial charge in [-0.2, -0.15) is 0 Å². The Morgan fingerprint density at radius 1 is 1.00 bits per heavy atom. The van der Waals surface area contributed by atoms with E-state index >= 15 is 0 Å². The Bertz CT molecular complexity index is 1100. The maximum absolute atomic E-state index is 11.7. The number of aliphatic hydroxyl groups is 1. The monoisotopic (exact) mass is 505 g/mol. The fourth-order valence-electron chi connectivity index (χ4n) is 3.88. The van der Waals surface area contributed by atoms with E-state index in [2.05, 4.69) is 24.0 Å². The summed E-state index contributed by atoms with van der Waals surface area (Å²) in [6, 6.07) is 26.0. The van der Waals surface area contributed by atoms with E-state index in [0.29, 0.717) is 6.54 Å². The zero-order chi connectivity index (χ0) is 25.2. The van der Waals surface area contributed by atoms with Gasteiger partial charge in [0.1, 0.15) is 6.61 Å². The van der Waals surface area contributed by atoms with E-state index < -0.39 is 12.4 Å². The van der Waals surface area contributed by atoms with Gasteiger partial charge in [-0.05, 0) is 28.8 Å². The van der Waals surface area contributed by atoms with Crippen molar-refractivity contribution in [2.75, 3.05) is 12.4 Å². The minimum absolute atomic E-state index is 0.00236. The predicted molar refractivity (Wildman–Crippen MR) is 140 cm³/mol. The lowest BCUT2D eigenvalue weighted by Gasteiger charge is -2.36. The molecule has 0 unspecified atom stereocenters. The largest absolute Gasteiger partial charge is 0.445 e. The molecule has 0 saturated carbocycles. The number of amides is 1. The Balaban J connectivity index is 1.44. The third kappa shape index (κ3) is 7.45. The number of aliphatic hydroxyl groups excluding tert-OH is 1. The molecule has 0 radical (unpaired) electrons. The molecule has 3 atom stereocenters. The molecule has 0 aliphatic carbocycles. The molecule has 0 spiro atoms. The first-order chi connectivity index (χ1) is 17.6. The molecule has 3 aromatic carbocycles. The van der Waals surface area contributed by atoms with E-state index in [0.717, 1.165) is 34.4 Å². The lowest BCUT2D eigenvalue weighted by Crippen LogP contribution is -2.31. The lowest BCUT2D eigenvalue weighted by molar-refractivity contribution is -0.245. The Labute approximate surface area is 216 Å². The van der Waals surface area contributed by atoms with E-state index in [4.69, 9.17) is 14.2 Å². The molecule has 4 rings (SSSR count). The quantitative estimate of drug-likeness (QED) is 0.263. The van der Waals surface area contributed by atoms with E-state index in [1.165, 1.54) is 11.0 Å². The Morgan fingerprint density at radius 3 is 2.39 bits per heavy atom. The normalized spacial score (nSPS) is 19.4. The number of carbonyl (C=O) groups is 1. The summed E-state index contributed by atoms with van der Waals surface area (Å²) in [6.45, 7) is 4.08. The molecular weight excluding hydrogens is 474 g/mol. The molecule has 1 heterocycles. The molecule has 1 fully saturated rings. The summed E-state index contributed by atoms with van der Waals surface area (Å²) in [7, 11) is 0. The summed E-state index contributed by atoms with van der Waals surface area (Å²) in [5.74, 6) is 0.809. The molecule has 36 heavy (non-hydrogen) atoms. The van der Waals surface area contributed by atoms with E-state index in [1.54, 1.807) is 11.8 Å². The highest BCUT2D eigenvalue weighted by Gasteiger charge is 2.32. The van der Waals surface area contributed by atoms with Crippen molar-refractivity contribution in [3.63, 3.8) is 0 Å². The standard InChI is InChI=1S/C29H31NO5S/c1-2-16-33-29(32)30-18-21-8-14-24(15-9-21)28-34-25(20-36-26-6-4-3-5-7-26)17-27(35-28)23-12-10-22(19-31)11-13-23/h2-15,25,27-28,31H,1,16-20H2,(H,30,32)/t25-,27+,28+/m0/s1. The van der Waals surface area contributed by atoms with Gasteiger partial charge in [0, 0.05) is 29.2 Å². The van der Waals surface area contributed by atoms with Crippen LogP contribution in [0.3, 0.4) is 0 Å². The first-order valence-corrected chi connectivity index (χ1v) is 12.9. The molecule has 7 heteroatoms. The highest BCUT2D eigenvalue weighted by molar-refractivity contribution is 7.99. The van der Waals surface area contributed by atoms with Crippen LogP contribution in [0.2, 0.25) is 0 Å². The number of benzene rings is 3. The van der Waals surface area contributed by atoms with Crippen LogP contribution < -0.4 is 5.32 Å². The fourth-order valence-corrected chi connectivity index (χ4v) is 4.82. The van der Waals surface area contributed by atoms with Gasteiger partial charge in [0.15, 0.2) is 6.29 Å². The summed E-state index contributed by atoms with van der Waals surface area (Å²) >= 11 is 1.77. The molecular formula is C29H31NO5S. The van der Waals surface area contributed by atoms with Gasteiger partial charge < -0.3 is 24.6 Å². The number of hydrogen-bond acceptors (Lipinski definition) is 6. The average Bonchev–Trinajstić information content (AvgIpc) is 2.94. The minimum Gasteiger partial charge on any atom is -0.445 e. The second kappa shape index (κ2) is 13.3. The number of hydrogen-bond donors (Lipinski definition) is 2. The van der Waals surface area contributed by atoms with Crippen molar-refractivity contribution in [1.82, 2.24) is 5.32 Å². The van der Waals surface area contributed by atoms with Crippen LogP contribution in [0, 0.1) is 0 Å². The van der Waals surface area contributed by atoms with E-state index in [1.807, 2.05) is 66.7 Å². The minimum atomic E-state index is -0.512. The zero-order valence-electron chi connectivity index (χ0n) is 20.0. The average molecular weight is 506 g/mol. The molecule has 188 valence electrons. The zero-order valence-corrected chi connectivity index (χ0v) is 20.9. The number of thioether (sulfide) groups is 1. The van der Waals surface area contributed by atoms with Crippen LogP contribution in [0.25, 0.3) is 0 Å². The van der Waals surface area contributed by atoms with Gasteiger partial charge in [0.25, 0.3) is 0 Å². The van der Waals surface area contributed by atoms with Crippen LogP contribution in [0.15, 0.2) is 96.4 Å². The second-order valence-corrected chi connectivity index (χ2v) is 9.55. The molecule has 6 nitrogen and oxygen atoms in total. The first kappa shape index (κ1) is 26.0. The molecule has 1 aliphatic rings. The molecule has 1 amide bonds. The summed E-state index contributed by atoms with van der Waals surface area (Å²) in [4.78, 5) is 12.9. The fraction of sp³-hybridized carbons (Fsp3) is 0.276. The summed E-state index contributed by atoms with van der Waals surface area (Å²) < 4.78 is 17.7. The number of nitrogens with one attached hydrogen (secondary N) is 1. The van der Waals surface area contributed by atoms with Gasteiger partial charge in [-0.25, -0.2) is 4.79 Å². The number of rotatable bonds is 10. The Morgan fingerprint density at radius 2 is 1.69 bits per heavy atom. The van der Waals surface area contributed by atoms with Crippen LogP contribution in [-0.4, -0.2) is 29.7 Å². The number of carbonyl (C=O) groups excluding carboxylic acids is 1. The van der Waals surface area contributed by atoms with E-state index in [9.17, 15) is 9.90 Å². The van der Waals surface area contributed by atoms with Gasteiger partial charge in [-0.15, -0.1) is 11.8 Å². The maximum atomic E-state index is 11.7. The maximum Gasteiger partial charge on any atom is 0.407 e. The molecule has 1 saturated heterocycles. The third-order valence-electron chi connectivity index (χ3n) is 5.82. The van der Waals surface area contributed by atoms with Gasteiger partial charge in [-0.1, -0.05) is 79.4 Å². The van der Waals surface area contributed by atoms with Crippen molar-refractivity contribution in [2.45, 2.75) is 43.0 Å². The van der Waals surface area contributed by atoms with Crippen molar-refractivity contribution in [1.29, 1.82) is 0 Å². The SMILES string of the molecule is C=CCOC(=O)NCc1ccc([C@@H]2O[C@H](CSc3ccccc3)C[C@H](c3ccc(CO)cc3)O2)cc1. The van der Waals surface area contributed by atoms with Crippen molar-refractivity contribution in [2.24, 2.45) is 0 Å². The van der Waals surface area contributed by atoms with Crippen LogP contribution in [0.5, 0.6) is 0 Å². The summed E-state index contributed by atoms with van der Waals surface area (Å²) in [5, 5.41) is 12.1. The lowest BCUT2D eigenvalue weighted by atomic mass is 10.0. The van der Waals surface area contributed by atoms with Crippen molar-refractivity contribution >= 4 is 17.9 Å². The molecule has 0 aromatic heterocycles. The topological polar surface area (TPSA) is 77.0 Å². The first-order valence-electron chi connectivity index (χ1n) is 11.9. The number of alkyl carbamates (subject to hydrolysis) is 1. The second-order valence-electron chi connectivity index (χ2n) is 8.46. The van der Waals surface area contributed by atoms with Gasteiger partial charge in [0.2, 0.25) is 0 Å². The van der Waals surface area contributed by atoms with Crippen molar-refractivity contribution in [3.05, 3.63) is 114 Å². The van der Waals surface area contributed by atoms with Gasteiger partial charge in [-0.3, -0.25) is 0 Å². The predicted octanol–water partition coefficient (Wildman–Crippen LogP) is 5.93. The summed E-state index contributed by atoms with van der Waals surface area (Å²) in [6.07, 6.45) is 1.15. The van der Waals surface area contributed by atoms with Crippen molar-refractivity contribution < 1.29 is 24.1 Å². The Hall–Kier alpha value is -3.10.